The molecule has 0 aromatic carbocycles. The average Bonchev–Trinajstić information content (AvgIpc) is 2.80. The van der Waals surface area contributed by atoms with Gasteiger partial charge in [-0.15, -0.1) is 0 Å². The predicted molar refractivity (Wildman–Crippen MR) is 148 cm³/mol. The van der Waals surface area contributed by atoms with Crippen molar-refractivity contribution in [2.24, 2.45) is 0 Å². The molecule has 0 radical (unpaired) electrons. The molecule has 0 fully saturated rings. The van der Waals surface area contributed by atoms with Crippen molar-refractivity contribution in [1.29, 1.82) is 0 Å². The summed E-state index contributed by atoms with van der Waals surface area (Å²) >= 11 is 0. The average molecular weight is 550 g/mol. The highest BCUT2D eigenvalue weighted by atomic mass is 31.2. The molecule has 220 valence electrons. The predicted octanol–water partition coefficient (Wildman–Crippen LogP) is 6.53. The molecule has 37 heavy (non-hydrogen) atoms. The fourth-order valence-electron chi connectivity index (χ4n) is 3.74. The Morgan fingerprint density at radius 2 is 1.35 bits per heavy atom. The number of nitrogens with zero attached hydrogens (tertiary/aromatic N) is 1. The lowest BCUT2D eigenvalue weighted by Crippen LogP contribution is -2.37. The molecule has 0 aromatic rings. The first-order valence-electron chi connectivity index (χ1n) is 14.4. The molecule has 2 atom stereocenters. The molecular weight excluding hydrogens is 493 g/mol. The number of esters is 1. The monoisotopic (exact) mass is 549 g/mol. The normalized spacial score (nSPS) is 14.5. The van der Waals surface area contributed by atoms with Gasteiger partial charge in [-0.1, -0.05) is 90.4 Å². The van der Waals surface area contributed by atoms with Gasteiger partial charge < -0.3 is 27.9 Å². The van der Waals surface area contributed by atoms with E-state index in [1.165, 1.54) is 90.4 Å². The second-order valence-electron chi connectivity index (χ2n) is 10.9. The Morgan fingerprint density at radius 1 is 0.838 bits per heavy atom. The van der Waals surface area contributed by atoms with E-state index in [0.29, 0.717) is 11.0 Å². The number of likely N-dealkylation sites (N-methyl/N-ethyl adjacent to an activating group) is 1. The molecule has 0 saturated carbocycles. The summed E-state index contributed by atoms with van der Waals surface area (Å²) in [5, 5.41) is 0. The third-order valence-electron chi connectivity index (χ3n) is 5.96. The molecule has 0 aromatic heterocycles. The lowest BCUT2D eigenvalue weighted by atomic mass is 10.0. The number of phosphoric ester groups is 1. The Balaban J connectivity index is 3.81. The van der Waals surface area contributed by atoms with Crippen LogP contribution in [0.4, 0.5) is 0 Å². The number of hydrogen-bond acceptors (Lipinski definition) is 7. The van der Waals surface area contributed by atoms with Crippen LogP contribution < -0.4 is 4.89 Å². The van der Waals surface area contributed by atoms with Gasteiger partial charge >= 0.3 is 5.97 Å². The highest BCUT2D eigenvalue weighted by Gasteiger charge is 2.19. The summed E-state index contributed by atoms with van der Waals surface area (Å²) in [4.78, 5) is 23.3. The van der Waals surface area contributed by atoms with E-state index in [2.05, 4.69) is 6.92 Å². The molecule has 0 saturated heterocycles. The van der Waals surface area contributed by atoms with Gasteiger partial charge in [-0.2, -0.15) is 0 Å². The first-order chi connectivity index (χ1) is 17.6. The molecule has 0 aliphatic carbocycles. The first-order valence-corrected chi connectivity index (χ1v) is 15.9. The van der Waals surface area contributed by atoms with E-state index >= 15 is 0 Å². The van der Waals surface area contributed by atoms with Crippen molar-refractivity contribution in [3.8, 4) is 0 Å². The lowest BCUT2D eigenvalue weighted by molar-refractivity contribution is -0.870. The van der Waals surface area contributed by atoms with E-state index in [0.717, 1.165) is 12.8 Å². The molecule has 0 amide bonds. The number of carbonyl (C=O) groups is 1. The number of ether oxygens (including phenoxy) is 2. The van der Waals surface area contributed by atoms with Crippen LogP contribution in [0.5, 0.6) is 0 Å². The van der Waals surface area contributed by atoms with Crippen molar-refractivity contribution < 1.29 is 37.3 Å². The number of allylic oxidation sites excluding steroid dienone is 1. The fourth-order valence-corrected chi connectivity index (χ4v) is 4.47. The van der Waals surface area contributed by atoms with E-state index in [9.17, 15) is 14.3 Å². The van der Waals surface area contributed by atoms with Crippen molar-refractivity contribution in [3.05, 3.63) is 12.3 Å². The number of rotatable bonds is 26. The van der Waals surface area contributed by atoms with Crippen molar-refractivity contribution >= 4 is 13.8 Å². The van der Waals surface area contributed by atoms with Gasteiger partial charge in [-0.05, 0) is 18.9 Å². The third-order valence-corrected chi connectivity index (χ3v) is 6.93. The molecule has 9 heteroatoms. The van der Waals surface area contributed by atoms with E-state index < -0.39 is 19.9 Å². The quantitative estimate of drug-likeness (QED) is 0.0398. The zero-order chi connectivity index (χ0) is 27.8. The molecule has 0 heterocycles. The fraction of sp³-hybridized carbons (Fsp3) is 0.893. The minimum Gasteiger partial charge on any atom is -0.756 e. The van der Waals surface area contributed by atoms with Gasteiger partial charge in [0.1, 0.15) is 19.8 Å². The van der Waals surface area contributed by atoms with Crippen LogP contribution in [0.3, 0.4) is 0 Å². The van der Waals surface area contributed by atoms with E-state index in [1.807, 2.05) is 27.2 Å². The summed E-state index contributed by atoms with van der Waals surface area (Å²) in [7, 11) is 1.32. The highest BCUT2D eigenvalue weighted by molar-refractivity contribution is 7.45. The molecule has 0 N–H and O–H groups in total. The summed E-state index contributed by atoms with van der Waals surface area (Å²) in [5.74, 6) is -0.532. The van der Waals surface area contributed by atoms with Crippen molar-refractivity contribution in [2.45, 2.75) is 116 Å². The van der Waals surface area contributed by atoms with Gasteiger partial charge in [-0.3, -0.25) is 9.36 Å². The van der Waals surface area contributed by atoms with Crippen molar-refractivity contribution in [2.75, 3.05) is 47.5 Å². The van der Waals surface area contributed by atoms with E-state index in [1.54, 1.807) is 6.26 Å². The molecule has 0 aliphatic heterocycles. The van der Waals surface area contributed by atoms with Crippen LogP contribution in [0.2, 0.25) is 0 Å². The maximum Gasteiger partial charge on any atom is 0.303 e. The van der Waals surface area contributed by atoms with Crippen molar-refractivity contribution in [1.82, 2.24) is 0 Å². The molecule has 0 rings (SSSR count). The van der Waals surface area contributed by atoms with Crippen LogP contribution in [0.25, 0.3) is 0 Å². The standard InChI is InChI=1S/C28H56NO7P/c1-6-7-8-9-10-11-12-13-14-15-16-17-18-19-20-21-23-33-25-28(36-27(2)30)26-35-37(31,32)34-24-22-29(3,4)5/h21,23,28H,6-20,22,24-26H2,1-5H3/b23-21-/t28-/m1/s1. The summed E-state index contributed by atoms with van der Waals surface area (Å²) < 4.78 is 32.8. The first kappa shape index (κ1) is 36.1. The minimum absolute atomic E-state index is 0.00764. The van der Waals surface area contributed by atoms with Crippen LogP contribution >= 0.6 is 7.82 Å². The lowest BCUT2D eigenvalue weighted by Gasteiger charge is -2.28. The highest BCUT2D eigenvalue weighted by Crippen LogP contribution is 2.38. The van der Waals surface area contributed by atoms with Gasteiger partial charge in [-0.25, -0.2) is 0 Å². The Morgan fingerprint density at radius 3 is 1.84 bits per heavy atom. The second kappa shape index (κ2) is 23.0. The number of carbonyl (C=O) groups excluding carboxylic acids is 1. The summed E-state index contributed by atoms with van der Waals surface area (Å²) in [6.07, 6.45) is 22.3. The van der Waals surface area contributed by atoms with Gasteiger partial charge in [0.2, 0.25) is 0 Å². The smallest absolute Gasteiger partial charge is 0.303 e. The van der Waals surface area contributed by atoms with Gasteiger partial charge in [0.25, 0.3) is 7.82 Å². The van der Waals surface area contributed by atoms with Crippen LogP contribution in [0.15, 0.2) is 12.3 Å². The van der Waals surface area contributed by atoms with Crippen LogP contribution in [0.1, 0.15) is 110 Å². The molecule has 0 spiro atoms. The van der Waals surface area contributed by atoms with Crippen LogP contribution in [-0.4, -0.2) is 64.1 Å². The third kappa shape index (κ3) is 27.9. The maximum absolute atomic E-state index is 11.9. The molecule has 0 bridgehead atoms. The molecular formula is C28H56NO7P. The number of unbranched alkanes of at least 4 members (excludes halogenated alkanes) is 14. The van der Waals surface area contributed by atoms with Crippen LogP contribution in [0, 0.1) is 0 Å². The number of phosphoric acid groups is 1. The maximum atomic E-state index is 11.9. The van der Waals surface area contributed by atoms with Crippen molar-refractivity contribution in [3.63, 3.8) is 0 Å². The second-order valence-corrected chi connectivity index (χ2v) is 12.3. The van der Waals surface area contributed by atoms with Gasteiger partial charge in [0, 0.05) is 6.92 Å². The Hall–Kier alpha value is -0.920. The Labute approximate surface area is 227 Å². The van der Waals surface area contributed by atoms with Crippen LogP contribution in [-0.2, 0) is 27.9 Å². The molecule has 1 unspecified atom stereocenters. The summed E-state index contributed by atoms with van der Waals surface area (Å²) in [5.41, 5.74) is 0. The Bertz CT molecular complexity index is 622. The van der Waals surface area contributed by atoms with E-state index in [-0.39, 0.29) is 19.8 Å². The SMILES string of the molecule is CCCCCCCCCCCCCCCC/C=C\OC[C@H](COP(=O)([O-])OCC[N+](C)(C)C)OC(C)=O. The number of quaternary nitrogens is 1. The summed E-state index contributed by atoms with van der Waals surface area (Å²) in [6.45, 7) is 3.70. The Kier molecular flexibility index (Phi) is 22.4. The largest absolute Gasteiger partial charge is 0.756 e. The van der Waals surface area contributed by atoms with Gasteiger partial charge in [0.05, 0.1) is 34.0 Å². The van der Waals surface area contributed by atoms with E-state index in [4.69, 9.17) is 18.5 Å². The summed E-state index contributed by atoms with van der Waals surface area (Å²) in [6, 6.07) is 0. The molecule has 8 nitrogen and oxygen atoms in total. The topological polar surface area (TPSA) is 94.1 Å². The van der Waals surface area contributed by atoms with Gasteiger partial charge in [0.15, 0.2) is 6.10 Å². The number of hydrogen-bond donors (Lipinski definition) is 0. The zero-order valence-electron chi connectivity index (χ0n) is 24.4. The molecule has 0 aliphatic rings. The minimum atomic E-state index is -4.48. The zero-order valence-corrected chi connectivity index (χ0v) is 25.3.